The van der Waals surface area contributed by atoms with Crippen LogP contribution >= 0.6 is 15.9 Å². The van der Waals surface area contributed by atoms with Crippen LogP contribution in [0, 0.1) is 0 Å². The molecule has 0 heterocycles. The van der Waals surface area contributed by atoms with Gasteiger partial charge < -0.3 is 5.32 Å². The van der Waals surface area contributed by atoms with Crippen LogP contribution in [0.1, 0.15) is 15.9 Å². The average molecular weight is 337 g/mol. The number of benzene rings is 1. The summed E-state index contributed by atoms with van der Waals surface area (Å²) in [5.41, 5.74) is 6.52. The van der Waals surface area contributed by atoms with Crippen molar-refractivity contribution in [3.8, 4) is 0 Å². The van der Waals surface area contributed by atoms with Gasteiger partial charge in [0, 0.05) is 22.5 Å². The quantitative estimate of drug-likeness (QED) is 0.388. The van der Waals surface area contributed by atoms with Gasteiger partial charge >= 0.3 is 6.18 Å². The van der Waals surface area contributed by atoms with E-state index in [9.17, 15) is 18.0 Å². The Morgan fingerprint density at radius 3 is 2.74 bits per heavy atom. The zero-order valence-corrected chi connectivity index (χ0v) is 11.0. The van der Waals surface area contributed by atoms with Crippen LogP contribution in [-0.2, 0) is 6.18 Å². The zero-order chi connectivity index (χ0) is 14.5. The van der Waals surface area contributed by atoms with Gasteiger partial charge in [-0.2, -0.15) is 13.2 Å². The largest absolute Gasteiger partial charge is 0.417 e. The van der Waals surface area contributed by atoms with Crippen LogP contribution < -0.4 is 5.32 Å². The molecule has 0 saturated heterocycles. The van der Waals surface area contributed by atoms with E-state index in [0.29, 0.717) is 0 Å². The van der Waals surface area contributed by atoms with Crippen molar-refractivity contribution in [3.05, 3.63) is 44.2 Å². The lowest BCUT2D eigenvalue weighted by molar-refractivity contribution is -0.138. The summed E-state index contributed by atoms with van der Waals surface area (Å²) in [6, 6.07) is 3.26. The highest BCUT2D eigenvalue weighted by molar-refractivity contribution is 9.10. The summed E-state index contributed by atoms with van der Waals surface area (Å²) in [5, 5.41) is 5.41. The second-order valence-corrected chi connectivity index (χ2v) is 4.31. The van der Waals surface area contributed by atoms with Crippen LogP contribution in [0.3, 0.4) is 0 Å². The molecule has 1 aromatic carbocycles. The first-order chi connectivity index (χ1) is 8.86. The molecule has 0 aromatic heterocycles. The summed E-state index contributed by atoms with van der Waals surface area (Å²) in [4.78, 5) is 14.1. The molecule has 5 nitrogen and oxygen atoms in total. The lowest BCUT2D eigenvalue weighted by atomic mass is 10.1. The molecular formula is C10H8BrF3N4O. The van der Waals surface area contributed by atoms with Gasteiger partial charge in [-0.1, -0.05) is 21.0 Å². The minimum Gasteiger partial charge on any atom is -0.352 e. The lowest BCUT2D eigenvalue weighted by Gasteiger charge is -2.13. The van der Waals surface area contributed by atoms with Crippen molar-refractivity contribution in [3.63, 3.8) is 0 Å². The van der Waals surface area contributed by atoms with Crippen LogP contribution in [0.4, 0.5) is 13.2 Å². The molecule has 1 aromatic rings. The van der Waals surface area contributed by atoms with E-state index in [1.165, 1.54) is 6.07 Å². The molecule has 1 amide bonds. The molecule has 0 aliphatic heterocycles. The number of nitrogens with zero attached hydrogens (tertiary/aromatic N) is 3. The molecule has 19 heavy (non-hydrogen) atoms. The van der Waals surface area contributed by atoms with Crippen LogP contribution in [0.25, 0.3) is 10.4 Å². The Kier molecular flexibility index (Phi) is 5.20. The van der Waals surface area contributed by atoms with E-state index >= 15 is 0 Å². The zero-order valence-electron chi connectivity index (χ0n) is 9.41. The maximum absolute atomic E-state index is 12.8. The fraction of sp³-hybridized carbons (Fsp3) is 0.300. The maximum atomic E-state index is 12.8. The summed E-state index contributed by atoms with van der Waals surface area (Å²) in [5.74, 6) is -0.868. The van der Waals surface area contributed by atoms with Gasteiger partial charge in [-0.15, -0.1) is 0 Å². The van der Waals surface area contributed by atoms with Crippen LogP contribution in [0.15, 0.2) is 27.8 Å². The third kappa shape index (κ3) is 4.46. The molecule has 0 aliphatic rings. The number of hydrogen-bond acceptors (Lipinski definition) is 2. The number of rotatable bonds is 4. The van der Waals surface area contributed by atoms with E-state index in [1.807, 2.05) is 0 Å². The molecule has 0 fully saturated rings. The highest BCUT2D eigenvalue weighted by Crippen LogP contribution is 2.33. The number of nitrogens with one attached hydrogen (secondary N) is 1. The Bertz CT molecular complexity index is 526. The summed E-state index contributed by atoms with van der Waals surface area (Å²) in [7, 11) is 0. The highest BCUT2D eigenvalue weighted by Gasteiger charge is 2.35. The Morgan fingerprint density at radius 2 is 2.16 bits per heavy atom. The monoisotopic (exact) mass is 336 g/mol. The van der Waals surface area contributed by atoms with Gasteiger partial charge in [0.15, 0.2) is 0 Å². The molecule has 0 saturated carbocycles. The number of alkyl halides is 3. The minimum atomic E-state index is -4.62. The molecule has 0 radical (unpaired) electrons. The molecule has 1 rings (SSSR count). The average Bonchev–Trinajstić information content (AvgIpc) is 2.33. The van der Waals surface area contributed by atoms with Crippen molar-refractivity contribution < 1.29 is 18.0 Å². The molecule has 0 atom stereocenters. The van der Waals surface area contributed by atoms with Gasteiger partial charge in [0.1, 0.15) is 0 Å². The van der Waals surface area contributed by atoms with Crippen LogP contribution in [-0.4, -0.2) is 19.0 Å². The third-order valence-corrected chi connectivity index (χ3v) is 2.59. The van der Waals surface area contributed by atoms with Crippen molar-refractivity contribution >= 4 is 21.8 Å². The van der Waals surface area contributed by atoms with E-state index < -0.39 is 23.2 Å². The van der Waals surface area contributed by atoms with Gasteiger partial charge in [0.25, 0.3) is 5.91 Å². The molecule has 0 spiro atoms. The van der Waals surface area contributed by atoms with Crippen molar-refractivity contribution in [2.45, 2.75) is 6.18 Å². The second-order valence-electron chi connectivity index (χ2n) is 3.40. The van der Waals surface area contributed by atoms with Crippen molar-refractivity contribution in [2.24, 2.45) is 5.11 Å². The first-order valence-electron chi connectivity index (χ1n) is 5.02. The normalized spacial score (nSPS) is 10.7. The van der Waals surface area contributed by atoms with Crippen molar-refractivity contribution in [2.75, 3.05) is 13.1 Å². The molecule has 0 bridgehead atoms. The third-order valence-electron chi connectivity index (χ3n) is 2.09. The molecule has 0 aliphatic carbocycles. The smallest absolute Gasteiger partial charge is 0.352 e. The number of amides is 1. The molecule has 0 unspecified atom stereocenters. The van der Waals surface area contributed by atoms with Crippen molar-refractivity contribution in [1.29, 1.82) is 0 Å². The lowest BCUT2D eigenvalue weighted by Crippen LogP contribution is -2.28. The summed E-state index contributed by atoms with van der Waals surface area (Å²) in [6.45, 7) is -0.0592. The number of carbonyl (C=O) groups is 1. The van der Waals surface area contributed by atoms with Gasteiger partial charge in [0.2, 0.25) is 0 Å². The Morgan fingerprint density at radius 1 is 1.47 bits per heavy atom. The number of halogens is 4. The Hall–Kier alpha value is -1.73. The first kappa shape index (κ1) is 15.3. The van der Waals surface area contributed by atoms with E-state index in [4.69, 9.17) is 5.53 Å². The van der Waals surface area contributed by atoms with E-state index in [-0.39, 0.29) is 17.6 Å². The summed E-state index contributed by atoms with van der Waals surface area (Å²) >= 11 is 2.92. The fourth-order valence-electron chi connectivity index (χ4n) is 1.31. The highest BCUT2D eigenvalue weighted by atomic mass is 79.9. The van der Waals surface area contributed by atoms with E-state index in [0.717, 1.165) is 12.1 Å². The summed E-state index contributed by atoms with van der Waals surface area (Å²) in [6.07, 6.45) is -4.62. The topological polar surface area (TPSA) is 77.9 Å². The molecular weight excluding hydrogens is 329 g/mol. The first-order valence-corrected chi connectivity index (χ1v) is 5.81. The van der Waals surface area contributed by atoms with Crippen molar-refractivity contribution in [1.82, 2.24) is 5.32 Å². The Balaban J connectivity index is 2.93. The predicted octanol–water partition coefficient (Wildman–Crippen LogP) is 3.51. The predicted molar refractivity (Wildman–Crippen MR) is 65.5 cm³/mol. The van der Waals surface area contributed by atoms with Crippen LogP contribution in [0.5, 0.6) is 0 Å². The van der Waals surface area contributed by atoms with Gasteiger partial charge in [0.05, 0.1) is 11.1 Å². The van der Waals surface area contributed by atoms with Gasteiger partial charge in [-0.05, 0) is 23.7 Å². The summed E-state index contributed by atoms with van der Waals surface area (Å²) < 4.78 is 38.5. The van der Waals surface area contributed by atoms with Gasteiger partial charge in [-0.25, -0.2) is 0 Å². The van der Waals surface area contributed by atoms with Crippen LogP contribution in [0.2, 0.25) is 0 Å². The van der Waals surface area contributed by atoms with Gasteiger partial charge in [-0.3, -0.25) is 4.79 Å². The fourth-order valence-corrected chi connectivity index (χ4v) is 1.67. The minimum absolute atomic E-state index is 0.0277. The second kappa shape index (κ2) is 6.44. The molecule has 1 N–H and O–H groups in total. The standard InChI is InChI=1S/C10H8BrF3N4O/c11-6-1-2-7(8(5-6)10(12,13)14)9(19)16-3-4-17-18-15/h1-2,5H,3-4H2,(H,16,19). The number of hydrogen-bond donors (Lipinski definition) is 1. The maximum Gasteiger partial charge on any atom is 0.417 e. The number of azide groups is 1. The molecule has 102 valence electrons. The number of carbonyl (C=O) groups excluding carboxylic acids is 1. The SMILES string of the molecule is [N-]=[N+]=NCCNC(=O)c1ccc(Br)cc1C(F)(F)F. The van der Waals surface area contributed by atoms with E-state index in [1.54, 1.807) is 0 Å². The van der Waals surface area contributed by atoms with E-state index in [2.05, 4.69) is 31.3 Å². The Labute approximate surface area is 114 Å². The molecule has 9 heteroatoms.